The number of hydrogen-bond acceptors (Lipinski definition) is 8. The van der Waals surface area contributed by atoms with Crippen molar-refractivity contribution in [1.82, 2.24) is 10.6 Å². The summed E-state index contributed by atoms with van der Waals surface area (Å²) in [6, 6.07) is 26.4. The SMILES string of the molecule is O=C(O)CC(NC(=O)CN1C(=O)[C@@H](NC(=O)CCc2ccccc2)CN(C(=O)CCc2ccccc2)c2ccccc21)C(=O)COC(=O)c1c(Cl)cccc1Cl. The average Bonchev–Trinajstić information content (AvgIpc) is 3.29. The molecule has 0 saturated heterocycles. The molecule has 0 aliphatic carbocycles. The number of aryl methyl sites for hydroxylation is 2. The Morgan fingerprint density at radius 2 is 1.32 bits per heavy atom. The van der Waals surface area contributed by atoms with Crippen molar-refractivity contribution in [3.63, 3.8) is 0 Å². The Hall–Kier alpha value is -6.05. The van der Waals surface area contributed by atoms with Gasteiger partial charge in [-0.1, -0.05) is 102 Å². The van der Waals surface area contributed by atoms with Gasteiger partial charge < -0.3 is 25.4 Å². The summed E-state index contributed by atoms with van der Waals surface area (Å²) in [6.45, 7) is -1.89. The molecule has 4 aromatic rings. The van der Waals surface area contributed by atoms with Gasteiger partial charge in [0.05, 0.1) is 39.9 Å². The molecule has 4 aromatic carbocycles. The maximum Gasteiger partial charge on any atom is 0.341 e. The number of halogens is 2. The number of nitrogens with one attached hydrogen (secondary N) is 2. The van der Waals surface area contributed by atoms with E-state index in [0.29, 0.717) is 18.5 Å². The molecule has 0 saturated carbocycles. The largest absolute Gasteiger partial charge is 0.481 e. The summed E-state index contributed by atoms with van der Waals surface area (Å²) in [5.74, 6) is -5.89. The number of anilines is 2. The molecule has 0 bridgehead atoms. The van der Waals surface area contributed by atoms with Crippen molar-refractivity contribution in [3.8, 4) is 0 Å². The fourth-order valence-electron chi connectivity index (χ4n) is 6.10. The van der Waals surface area contributed by atoms with E-state index < -0.39 is 67.1 Å². The van der Waals surface area contributed by atoms with E-state index >= 15 is 0 Å². The van der Waals surface area contributed by atoms with Crippen LogP contribution in [0.3, 0.4) is 0 Å². The van der Waals surface area contributed by atoms with Crippen LogP contribution in [-0.4, -0.2) is 78.2 Å². The molecule has 3 N–H and O–H groups in total. The number of Topliss-reactive ketones (excluding diaryl/α,β-unsaturated/α-hetero) is 1. The quantitative estimate of drug-likeness (QED) is 0.134. The fourth-order valence-corrected chi connectivity index (χ4v) is 6.65. The number of rotatable bonds is 16. The van der Waals surface area contributed by atoms with Crippen molar-refractivity contribution < 1.29 is 43.4 Å². The predicted octanol–water partition coefficient (Wildman–Crippen LogP) is 4.81. The maximum atomic E-state index is 14.3. The van der Waals surface area contributed by atoms with Crippen LogP contribution >= 0.6 is 23.2 Å². The van der Waals surface area contributed by atoms with Crippen LogP contribution in [0.5, 0.6) is 0 Å². The molecular weight excluding hydrogens is 763 g/mol. The number of nitrogens with zero attached hydrogens (tertiary/aromatic N) is 2. The number of carboxylic acid groups (broad SMARTS) is 1. The summed E-state index contributed by atoms with van der Waals surface area (Å²) in [4.78, 5) is 95.2. The molecule has 1 unspecified atom stereocenters. The Morgan fingerprint density at radius 1 is 0.750 bits per heavy atom. The Balaban J connectivity index is 1.36. The molecule has 1 aliphatic heterocycles. The van der Waals surface area contributed by atoms with Crippen molar-refractivity contribution in [1.29, 1.82) is 0 Å². The minimum atomic E-state index is -1.67. The van der Waals surface area contributed by atoms with Crippen LogP contribution in [0.4, 0.5) is 11.4 Å². The number of carbonyl (C=O) groups excluding carboxylic acids is 6. The average molecular weight is 802 g/mol. The Kier molecular flexibility index (Phi) is 14.3. The molecule has 0 radical (unpaired) electrons. The van der Waals surface area contributed by atoms with Crippen LogP contribution in [0.1, 0.15) is 40.7 Å². The first-order valence-corrected chi connectivity index (χ1v) is 18.4. The second kappa shape index (κ2) is 19.5. The highest BCUT2D eigenvalue weighted by Gasteiger charge is 2.38. The second-order valence-corrected chi connectivity index (χ2v) is 13.7. The highest BCUT2D eigenvalue weighted by Crippen LogP contribution is 2.33. The van der Waals surface area contributed by atoms with E-state index in [4.69, 9.17) is 27.9 Å². The number of hydrogen-bond donors (Lipinski definition) is 3. The minimum absolute atomic E-state index is 0.0325. The number of esters is 1. The van der Waals surface area contributed by atoms with Gasteiger partial charge in [-0.25, -0.2) is 4.79 Å². The lowest BCUT2D eigenvalue weighted by molar-refractivity contribution is -0.140. The van der Waals surface area contributed by atoms with Crippen LogP contribution in [0, 0.1) is 0 Å². The Bertz CT molecular complexity index is 2080. The first kappa shape index (κ1) is 41.1. The van der Waals surface area contributed by atoms with Gasteiger partial charge in [-0.3, -0.25) is 33.7 Å². The van der Waals surface area contributed by atoms with Gasteiger partial charge in [0, 0.05) is 12.8 Å². The lowest BCUT2D eigenvalue weighted by Gasteiger charge is -2.26. The molecule has 290 valence electrons. The molecule has 0 spiro atoms. The van der Waals surface area contributed by atoms with E-state index in [9.17, 15) is 38.7 Å². The van der Waals surface area contributed by atoms with Crippen LogP contribution < -0.4 is 20.4 Å². The topological polar surface area (TPSA) is 179 Å². The van der Waals surface area contributed by atoms with Crippen molar-refractivity contribution in [2.75, 3.05) is 29.5 Å². The molecule has 1 aliphatic rings. The van der Waals surface area contributed by atoms with Gasteiger partial charge in [0.25, 0.3) is 5.91 Å². The molecule has 15 heteroatoms. The van der Waals surface area contributed by atoms with E-state index in [0.717, 1.165) is 16.0 Å². The standard InChI is InChI=1S/C41H38Cl2N4O9/c42-28-14-9-15-29(43)39(28)41(55)56-25-34(48)30(22-38(52)53)44-36(50)24-47-33-17-8-7-16-32(33)46(37(51)21-19-27-12-5-2-6-13-27)23-31(40(47)54)45-35(49)20-18-26-10-3-1-4-11-26/h1-17,30-31H,18-25H2,(H,44,50)(H,45,49)(H,52,53)/t30?,31-/m0/s1. The molecule has 4 amide bonds. The molecule has 56 heavy (non-hydrogen) atoms. The van der Waals surface area contributed by atoms with Gasteiger partial charge in [0.1, 0.15) is 18.6 Å². The number of para-hydroxylation sites is 2. The van der Waals surface area contributed by atoms with Crippen molar-refractivity contribution in [3.05, 3.63) is 130 Å². The number of ketones is 1. The Labute approximate surface area is 332 Å². The number of amides is 4. The molecule has 0 aromatic heterocycles. The predicted molar refractivity (Wildman–Crippen MR) is 209 cm³/mol. The monoisotopic (exact) mass is 800 g/mol. The third-order valence-electron chi connectivity index (χ3n) is 8.90. The highest BCUT2D eigenvalue weighted by molar-refractivity contribution is 6.39. The molecule has 2 atom stereocenters. The van der Waals surface area contributed by atoms with Gasteiger partial charge in [-0.15, -0.1) is 0 Å². The molecule has 0 fully saturated rings. The lowest BCUT2D eigenvalue weighted by Crippen LogP contribution is -2.55. The van der Waals surface area contributed by atoms with Crippen LogP contribution in [0.15, 0.2) is 103 Å². The summed E-state index contributed by atoms with van der Waals surface area (Å²) in [5.41, 5.74) is 2.11. The third-order valence-corrected chi connectivity index (χ3v) is 9.53. The molecular formula is C41H38Cl2N4O9. The van der Waals surface area contributed by atoms with Crippen molar-refractivity contribution in [2.24, 2.45) is 0 Å². The van der Waals surface area contributed by atoms with E-state index in [1.165, 1.54) is 29.2 Å². The van der Waals surface area contributed by atoms with Gasteiger partial charge in [0.2, 0.25) is 17.7 Å². The number of benzene rings is 4. The van der Waals surface area contributed by atoms with E-state index in [2.05, 4.69) is 10.6 Å². The maximum absolute atomic E-state index is 14.3. The summed E-state index contributed by atoms with van der Waals surface area (Å²) >= 11 is 12.1. The summed E-state index contributed by atoms with van der Waals surface area (Å²) in [5, 5.41) is 14.6. The number of fused-ring (bicyclic) bond motifs is 1. The second-order valence-electron chi connectivity index (χ2n) is 12.9. The smallest absolute Gasteiger partial charge is 0.341 e. The molecule has 13 nitrogen and oxygen atoms in total. The van der Waals surface area contributed by atoms with Gasteiger partial charge in [-0.05, 0) is 48.2 Å². The third kappa shape index (κ3) is 11.0. The number of ether oxygens (including phenoxy) is 1. The lowest BCUT2D eigenvalue weighted by atomic mass is 10.1. The van der Waals surface area contributed by atoms with Gasteiger partial charge in [0.15, 0.2) is 12.4 Å². The van der Waals surface area contributed by atoms with Crippen LogP contribution in [-0.2, 0) is 46.3 Å². The number of carboxylic acids is 1. The van der Waals surface area contributed by atoms with E-state index in [-0.39, 0.29) is 46.6 Å². The van der Waals surface area contributed by atoms with E-state index in [1.807, 2.05) is 60.7 Å². The van der Waals surface area contributed by atoms with E-state index in [1.54, 1.807) is 18.2 Å². The summed E-state index contributed by atoms with van der Waals surface area (Å²) in [7, 11) is 0. The summed E-state index contributed by atoms with van der Waals surface area (Å²) in [6.07, 6.45) is 0.0400. The van der Waals surface area contributed by atoms with Crippen LogP contribution in [0.2, 0.25) is 10.0 Å². The normalized spacial score (nSPS) is 14.2. The minimum Gasteiger partial charge on any atom is -0.481 e. The first-order valence-electron chi connectivity index (χ1n) is 17.6. The Morgan fingerprint density at radius 3 is 1.93 bits per heavy atom. The first-order chi connectivity index (χ1) is 26.9. The molecule has 5 rings (SSSR count). The van der Waals surface area contributed by atoms with Gasteiger partial charge in [-0.2, -0.15) is 0 Å². The number of aliphatic carboxylic acids is 1. The zero-order chi connectivity index (χ0) is 40.2. The zero-order valence-electron chi connectivity index (χ0n) is 30.0. The fraction of sp³-hybridized carbons (Fsp3) is 0.244. The van der Waals surface area contributed by atoms with Crippen molar-refractivity contribution in [2.45, 2.75) is 44.2 Å². The molecule has 1 heterocycles. The van der Waals surface area contributed by atoms with Gasteiger partial charge >= 0.3 is 11.9 Å². The highest BCUT2D eigenvalue weighted by atomic mass is 35.5. The zero-order valence-corrected chi connectivity index (χ0v) is 31.5. The van der Waals surface area contributed by atoms with Crippen LogP contribution in [0.25, 0.3) is 0 Å². The summed E-state index contributed by atoms with van der Waals surface area (Å²) < 4.78 is 5.06. The number of carbonyl (C=O) groups is 7. The van der Waals surface area contributed by atoms with Crippen molar-refractivity contribution >= 4 is 75.9 Å².